The lowest BCUT2D eigenvalue weighted by molar-refractivity contribution is -0.548. The summed E-state index contributed by atoms with van der Waals surface area (Å²) in [4.78, 5) is 4.16. The molecule has 0 heterocycles. The van der Waals surface area contributed by atoms with Gasteiger partial charge in [-0.05, 0) is 17.7 Å². The fourth-order valence-corrected chi connectivity index (χ4v) is 6.91. The smallest absolute Gasteiger partial charge is 0.285 e. The summed E-state index contributed by atoms with van der Waals surface area (Å²) >= 11 is 0. The van der Waals surface area contributed by atoms with Crippen LogP contribution in [0.1, 0.15) is 11.1 Å². The van der Waals surface area contributed by atoms with E-state index in [0.29, 0.717) is 6.08 Å². The van der Waals surface area contributed by atoms with E-state index in [4.69, 9.17) is 0 Å². The second-order valence-corrected chi connectivity index (χ2v) is 9.43. The molecule has 3 N–H and O–H groups in total. The van der Waals surface area contributed by atoms with Crippen LogP contribution in [0.3, 0.4) is 0 Å². The largest absolute Gasteiger partial charge is 0.392 e. The summed E-state index contributed by atoms with van der Waals surface area (Å²) in [5, 5.41) is 8.26. The molecule has 2 atom stereocenters. The Hall–Kier alpha value is -1.91. The van der Waals surface area contributed by atoms with E-state index in [2.05, 4.69) is 0 Å². The zero-order chi connectivity index (χ0) is 19.4. The Labute approximate surface area is 141 Å². The van der Waals surface area contributed by atoms with E-state index in [1.807, 2.05) is 0 Å². The normalized spacial score (nSPS) is 24.3. The van der Waals surface area contributed by atoms with Crippen LogP contribution in [0.2, 0.25) is 0 Å². The third kappa shape index (κ3) is 2.83. The van der Waals surface area contributed by atoms with E-state index in [-0.39, 0.29) is 0 Å². The van der Waals surface area contributed by atoms with Crippen LogP contribution in [0.15, 0.2) is 29.2 Å². The molecular formula is C10H9NO11S3. The first-order valence-electron chi connectivity index (χ1n) is 6.01. The van der Waals surface area contributed by atoms with Crippen molar-refractivity contribution in [3.63, 3.8) is 0 Å². The average molecular weight is 415 g/mol. The van der Waals surface area contributed by atoms with Crippen LogP contribution in [0.4, 0.5) is 0 Å². The highest BCUT2D eigenvalue weighted by atomic mass is 32.2. The Morgan fingerprint density at radius 2 is 1.52 bits per heavy atom. The minimum atomic E-state index is -5.98. The molecule has 0 spiro atoms. The molecule has 2 unspecified atom stereocenters. The van der Waals surface area contributed by atoms with Crippen LogP contribution < -0.4 is 0 Å². The summed E-state index contributed by atoms with van der Waals surface area (Å²) in [6, 6.07) is 4.03. The maximum atomic E-state index is 11.9. The third-order valence-electron chi connectivity index (χ3n) is 3.52. The van der Waals surface area contributed by atoms with Crippen molar-refractivity contribution in [3.8, 4) is 0 Å². The van der Waals surface area contributed by atoms with Gasteiger partial charge in [-0.2, -0.15) is 25.3 Å². The minimum absolute atomic E-state index is 0.454. The fourth-order valence-electron chi connectivity index (χ4n) is 2.63. The predicted molar refractivity (Wildman–Crippen MR) is 81.5 cm³/mol. The number of hydrogen-bond acceptors (Lipinski definition) is 8. The van der Waals surface area contributed by atoms with E-state index in [0.717, 1.165) is 18.2 Å². The van der Waals surface area contributed by atoms with Crippen molar-refractivity contribution >= 4 is 36.4 Å². The molecule has 0 aromatic heterocycles. The number of benzene rings is 1. The maximum absolute atomic E-state index is 11.9. The van der Waals surface area contributed by atoms with E-state index < -0.39 is 61.4 Å². The van der Waals surface area contributed by atoms with E-state index in [9.17, 15) is 49.0 Å². The molecule has 12 nitrogen and oxygen atoms in total. The quantitative estimate of drug-likeness (QED) is 0.324. The van der Waals surface area contributed by atoms with Crippen LogP contribution in [0.25, 0.3) is 6.08 Å². The second-order valence-electron chi connectivity index (χ2n) is 4.93. The molecular weight excluding hydrogens is 406 g/mol. The SMILES string of the molecule is O=[N+]([O-])C1(S(=O)(=O)O)c2ccccc2C=C(S(=O)(=O)O)C1S(=O)(=O)O. The molecule has 2 rings (SSSR count). The number of hydrogen-bond donors (Lipinski definition) is 3. The molecule has 0 saturated heterocycles. The lowest BCUT2D eigenvalue weighted by Crippen LogP contribution is -2.58. The van der Waals surface area contributed by atoms with Gasteiger partial charge in [0.2, 0.25) is 5.25 Å². The zero-order valence-corrected chi connectivity index (χ0v) is 14.2. The highest BCUT2D eigenvalue weighted by Crippen LogP contribution is 2.47. The van der Waals surface area contributed by atoms with E-state index in [1.54, 1.807) is 0 Å². The summed E-state index contributed by atoms with van der Waals surface area (Å²) < 4.78 is 98.1. The standard InChI is InChI=1S/C10H9NO11S3/c12-11(13)10(25(20,21)22)7-4-2-1-3-6(7)5-8(23(14,15)16)9(10)24(17,18)19/h1-5,9H,(H,14,15,16)(H,17,18,19)(H,20,21,22). The Bertz CT molecular complexity index is 1100. The van der Waals surface area contributed by atoms with Gasteiger partial charge in [-0.1, -0.05) is 18.2 Å². The van der Waals surface area contributed by atoms with Gasteiger partial charge in [-0.3, -0.25) is 23.8 Å². The highest BCUT2D eigenvalue weighted by molar-refractivity contribution is 7.94. The van der Waals surface area contributed by atoms with Gasteiger partial charge in [0, 0.05) is 0 Å². The van der Waals surface area contributed by atoms with Gasteiger partial charge >= 0.3 is 15.0 Å². The fraction of sp³-hybridized carbons (Fsp3) is 0.200. The first-order valence-corrected chi connectivity index (χ1v) is 10.4. The zero-order valence-electron chi connectivity index (χ0n) is 11.7. The van der Waals surface area contributed by atoms with Crippen LogP contribution in [0.5, 0.6) is 0 Å². The van der Waals surface area contributed by atoms with E-state index >= 15 is 0 Å². The van der Waals surface area contributed by atoms with Gasteiger partial charge in [0.15, 0.2) is 0 Å². The van der Waals surface area contributed by atoms with Crippen molar-refractivity contribution in [2.45, 2.75) is 10.1 Å². The lowest BCUT2D eigenvalue weighted by atomic mass is 9.92. The van der Waals surface area contributed by atoms with Crippen LogP contribution >= 0.6 is 0 Å². The summed E-state index contributed by atoms with van der Waals surface area (Å²) in [6.45, 7) is 0. The first kappa shape index (κ1) is 19.4. The van der Waals surface area contributed by atoms with Gasteiger partial charge in [0.05, 0.1) is 10.5 Å². The van der Waals surface area contributed by atoms with E-state index in [1.165, 1.54) is 6.07 Å². The third-order valence-corrected chi connectivity index (χ3v) is 7.35. The molecule has 1 aliphatic carbocycles. The van der Waals surface area contributed by atoms with Crippen molar-refractivity contribution in [1.29, 1.82) is 0 Å². The highest BCUT2D eigenvalue weighted by Gasteiger charge is 2.72. The molecule has 1 aromatic carbocycles. The molecule has 0 fully saturated rings. The molecule has 0 aliphatic heterocycles. The van der Waals surface area contributed by atoms with Gasteiger partial charge in [-0.25, -0.2) is 0 Å². The maximum Gasteiger partial charge on any atom is 0.392 e. The topological polar surface area (TPSA) is 206 Å². The molecule has 0 saturated carbocycles. The second kappa shape index (κ2) is 5.55. The van der Waals surface area contributed by atoms with Crippen molar-refractivity contribution in [2.24, 2.45) is 0 Å². The molecule has 15 heteroatoms. The first-order chi connectivity index (χ1) is 11.1. The van der Waals surface area contributed by atoms with Gasteiger partial charge in [0.1, 0.15) is 4.91 Å². The van der Waals surface area contributed by atoms with Crippen molar-refractivity contribution in [2.75, 3.05) is 0 Å². The Balaban J connectivity index is 3.23. The number of fused-ring (bicyclic) bond motifs is 1. The molecule has 1 aromatic rings. The van der Waals surface area contributed by atoms with Crippen molar-refractivity contribution < 1.29 is 43.8 Å². The van der Waals surface area contributed by atoms with Crippen LogP contribution in [-0.2, 0) is 35.2 Å². The molecule has 25 heavy (non-hydrogen) atoms. The monoisotopic (exact) mass is 415 g/mol. The number of nitrogens with zero attached hydrogens (tertiary/aromatic N) is 1. The lowest BCUT2D eigenvalue weighted by Gasteiger charge is -2.33. The number of rotatable bonds is 4. The number of nitro groups is 1. The average Bonchev–Trinajstić information content (AvgIpc) is 2.41. The molecule has 138 valence electrons. The summed E-state index contributed by atoms with van der Waals surface area (Å²) in [5.74, 6) is 0. The Morgan fingerprint density at radius 3 is 1.92 bits per heavy atom. The summed E-state index contributed by atoms with van der Waals surface area (Å²) in [7, 11) is -17.3. The van der Waals surface area contributed by atoms with Gasteiger partial charge < -0.3 is 0 Å². The molecule has 0 radical (unpaired) electrons. The van der Waals surface area contributed by atoms with Crippen LogP contribution in [-0.4, -0.2) is 49.1 Å². The Morgan fingerprint density at radius 1 is 1.00 bits per heavy atom. The summed E-state index contributed by atoms with van der Waals surface area (Å²) in [6.07, 6.45) is 0.454. The predicted octanol–water partition coefficient (Wildman–Crippen LogP) is -0.497. The van der Waals surface area contributed by atoms with Crippen LogP contribution in [0, 0.1) is 10.1 Å². The van der Waals surface area contributed by atoms with Crippen molar-refractivity contribution in [1.82, 2.24) is 0 Å². The van der Waals surface area contributed by atoms with Gasteiger partial charge in [0.25, 0.3) is 20.2 Å². The van der Waals surface area contributed by atoms with Crippen molar-refractivity contribution in [3.05, 3.63) is 50.4 Å². The summed E-state index contributed by atoms with van der Waals surface area (Å²) in [5.41, 5.74) is -1.37. The Kier molecular flexibility index (Phi) is 4.31. The molecule has 0 amide bonds. The van der Waals surface area contributed by atoms with Gasteiger partial charge in [-0.15, -0.1) is 0 Å². The molecule has 1 aliphatic rings. The minimum Gasteiger partial charge on any atom is -0.285 e. The molecule has 0 bridgehead atoms.